The second-order valence-corrected chi connectivity index (χ2v) is 7.37. The number of ether oxygens (including phenoxy) is 1. The van der Waals surface area contributed by atoms with Gasteiger partial charge in [0.25, 0.3) is 0 Å². The van der Waals surface area contributed by atoms with Gasteiger partial charge in [-0.05, 0) is 18.8 Å². The predicted molar refractivity (Wildman–Crippen MR) is 109 cm³/mol. The number of morpholine rings is 1. The summed E-state index contributed by atoms with van der Waals surface area (Å²) < 4.78 is 7.49. The van der Waals surface area contributed by atoms with Gasteiger partial charge in [-0.15, -0.1) is 10.2 Å². The molecule has 0 radical (unpaired) electrons. The molecule has 0 atom stereocenters. The highest BCUT2D eigenvalue weighted by atomic mass is 16.5. The molecule has 0 amide bonds. The van der Waals surface area contributed by atoms with Gasteiger partial charge < -0.3 is 19.9 Å². The maximum atomic E-state index is 5.40. The number of aliphatic imine (C=N–C) groups is 1. The lowest BCUT2D eigenvalue weighted by atomic mass is 10.1. The SMILES string of the molecule is CCc1nncn1CCNC(=NCCCN1CCOCC1)NCCC(C)C. The van der Waals surface area contributed by atoms with Gasteiger partial charge in [-0.3, -0.25) is 9.89 Å². The molecule has 0 saturated carbocycles. The van der Waals surface area contributed by atoms with E-state index in [0.717, 1.165) is 90.1 Å². The Kier molecular flexibility index (Phi) is 10.1. The number of rotatable bonds is 11. The van der Waals surface area contributed by atoms with E-state index in [9.17, 15) is 0 Å². The van der Waals surface area contributed by atoms with Crippen LogP contribution in [0.15, 0.2) is 11.3 Å². The fourth-order valence-corrected chi connectivity index (χ4v) is 3.00. The summed E-state index contributed by atoms with van der Waals surface area (Å²) in [6.07, 6.45) is 4.91. The minimum Gasteiger partial charge on any atom is -0.379 e. The van der Waals surface area contributed by atoms with Crippen LogP contribution in [0.25, 0.3) is 0 Å². The molecule has 27 heavy (non-hydrogen) atoms. The molecule has 154 valence electrons. The van der Waals surface area contributed by atoms with Gasteiger partial charge in [-0.2, -0.15) is 0 Å². The average Bonchev–Trinajstić information content (AvgIpc) is 3.13. The molecule has 0 aliphatic carbocycles. The molecule has 1 aromatic rings. The highest BCUT2D eigenvalue weighted by Gasteiger charge is 2.09. The van der Waals surface area contributed by atoms with Gasteiger partial charge in [0.15, 0.2) is 5.96 Å². The first-order valence-corrected chi connectivity index (χ1v) is 10.4. The van der Waals surface area contributed by atoms with Crippen molar-refractivity contribution in [2.75, 3.05) is 52.5 Å². The molecule has 0 unspecified atom stereocenters. The van der Waals surface area contributed by atoms with E-state index in [-0.39, 0.29) is 0 Å². The zero-order chi connectivity index (χ0) is 19.3. The molecule has 2 rings (SSSR count). The summed E-state index contributed by atoms with van der Waals surface area (Å²) in [6.45, 7) is 14.9. The van der Waals surface area contributed by atoms with E-state index in [1.54, 1.807) is 6.33 Å². The highest BCUT2D eigenvalue weighted by Crippen LogP contribution is 1.99. The van der Waals surface area contributed by atoms with Crippen LogP contribution in [0.3, 0.4) is 0 Å². The largest absolute Gasteiger partial charge is 0.379 e. The van der Waals surface area contributed by atoms with E-state index in [1.165, 1.54) is 0 Å². The van der Waals surface area contributed by atoms with Crippen LogP contribution in [0.2, 0.25) is 0 Å². The number of hydrogen-bond donors (Lipinski definition) is 2. The fraction of sp³-hybridized carbons (Fsp3) is 0.842. The quantitative estimate of drug-likeness (QED) is 0.341. The van der Waals surface area contributed by atoms with Crippen molar-refractivity contribution in [3.05, 3.63) is 12.2 Å². The summed E-state index contributed by atoms with van der Waals surface area (Å²) in [5, 5.41) is 15.0. The topological polar surface area (TPSA) is 79.6 Å². The van der Waals surface area contributed by atoms with Gasteiger partial charge in [0.05, 0.1) is 13.2 Å². The van der Waals surface area contributed by atoms with Crippen molar-refractivity contribution >= 4 is 5.96 Å². The molecule has 1 saturated heterocycles. The molecule has 2 N–H and O–H groups in total. The van der Waals surface area contributed by atoms with Crippen LogP contribution in [0, 0.1) is 5.92 Å². The first kappa shape index (κ1) is 21.6. The Bertz CT molecular complexity index is 538. The molecule has 8 heteroatoms. The van der Waals surface area contributed by atoms with Gasteiger partial charge in [-0.25, -0.2) is 0 Å². The summed E-state index contributed by atoms with van der Waals surface area (Å²) >= 11 is 0. The van der Waals surface area contributed by atoms with Gasteiger partial charge in [0.2, 0.25) is 0 Å². The Hall–Kier alpha value is -1.67. The highest BCUT2D eigenvalue weighted by molar-refractivity contribution is 5.79. The van der Waals surface area contributed by atoms with E-state index in [4.69, 9.17) is 9.73 Å². The second-order valence-electron chi connectivity index (χ2n) is 7.37. The Labute approximate surface area is 163 Å². The molecule has 0 aromatic carbocycles. The minimum atomic E-state index is 0.684. The molecule has 1 aliphatic rings. The number of aryl methyl sites for hydroxylation is 1. The van der Waals surface area contributed by atoms with E-state index >= 15 is 0 Å². The van der Waals surface area contributed by atoms with E-state index < -0.39 is 0 Å². The molecule has 1 aliphatic heterocycles. The zero-order valence-electron chi connectivity index (χ0n) is 17.3. The summed E-state index contributed by atoms with van der Waals surface area (Å²) in [5.74, 6) is 2.61. The first-order valence-electron chi connectivity index (χ1n) is 10.4. The molecule has 1 fully saturated rings. The van der Waals surface area contributed by atoms with Crippen molar-refractivity contribution in [1.82, 2.24) is 30.3 Å². The summed E-state index contributed by atoms with van der Waals surface area (Å²) in [5.41, 5.74) is 0. The van der Waals surface area contributed by atoms with Crippen LogP contribution in [0.4, 0.5) is 0 Å². The van der Waals surface area contributed by atoms with Crippen LogP contribution in [0.1, 0.15) is 39.4 Å². The monoisotopic (exact) mass is 379 g/mol. The summed E-state index contributed by atoms with van der Waals surface area (Å²) in [7, 11) is 0. The van der Waals surface area contributed by atoms with Crippen molar-refractivity contribution in [2.24, 2.45) is 10.9 Å². The lowest BCUT2D eigenvalue weighted by Crippen LogP contribution is -2.40. The third-order valence-corrected chi connectivity index (χ3v) is 4.68. The van der Waals surface area contributed by atoms with Crippen LogP contribution in [-0.4, -0.2) is 78.1 Å². The van der Waals surface area contributed by atoms with Crippen LogP contribution >= 0.6 is 0 Å². The Morgan fingerprint density at radius 1 is 1.22 bits per heavy atom. The Morgan fingerprint density at radius 3 is 2.74 bits per heavy atom. The lowest BCUT2D eigenvalue weighted by molar-refractivity contribution is 0.0377. The van der Waals surface area contributed by atoms with Gasteiger partial charge in [0, 0.05) is 52.2 Å². The second kappa shape index (κ2) is 12.7. The molecular weight excluding hydrogens is 342 g/mol. The maximum Gasteiger partial charge on any atom is 0.191 e. The van der Waals surface area contributed by atoms with E-state index in [1.807, 2.05) is 0 Å². The van der Waals surface area contributed by atoms with Crippen molar-refractivity contribution in [1.29, 1.82) is 0 Å². The van der Waals surface area contributed by atoms with Crippen molar-refractivity contribution in [3.8, 4) is 0 Å². The standard InChI is InChI=1S/C19H37N7O/c1-4-18-24-23-16-26(18)11-9-22-19(21-8-6-17(2)3)20-7-5-10-25-12-14-27-15-13-25/h16-17H,4-15H2,1-3H3,(H2,20,21,22). The Morgan fingerprint density at radius 2 is 2.00 bits per heavy atom. The number of nitrogens with one attached hydrogen (secondary N) is 2. The van der Waals surface area contributed by atoms with Gasteiger partial charge in [0.1, 0.15) is 12.2 Å². The predicted octanol–water partition coefficient (Wildman–Crippen LogP) is 1.14. The Balaban J connectivity index is 1.74. The third-order valence-electron chi connectivity index (χ3n) is 4.68. The van der Waals surface area contributed by atoms with Crippen LogP contribution < -0.4 is 10.6 Å². The average molecular weight is 380 g/mol. The van der Waals surface area contributed by atoms with Crippen molar-refractivity contribution in [2.45, 2.75) is 46.6 Å². The minimum absolute atomic E-state index is 0.684. The molecule has 8 nitrogen and oxygen atoms in total. The van der Waals surface area contributed by atoms with E-state index in [2.05, 4.69) is 51.1 Å². The summed E-state index contributed by atoms with van der Waals surface area (Å²) in [6, 6.07) is 0. The zero-order valence-corrected chi connectivity index (χ0v) is 17.3. The van der Waals surface area contributed by atoms with E-state index in [0.29, 0.717) is 5.92 Å². The lowest BCUT2D eigenvalue weighted by Gasteiger charge is -2.26. The smallest absolute Gasteiger partial charge is 0.191 e. The molecule has 1 aromatic heterocycles. The fourth-order valence-electron chi connectivity index (χ4n) is 3.00. The number of nitrogens with zero attached hydrogens (tertiary/aromatic N) is 5. The molecular formula is C19H37N7O. The van der Waals surface area contributed by atoms with Crippen molar-refractivity contribution in [3.63, 3.8) is 0 Å². The molecule has 0 bridgehead atoms. The third kappa shape index (κ3) is 8.71. The summed E-state index contributed by atoms with van der Waals surface area (Å²) in [4.78, 5) is 7.22. The first-order chi connectivity index (χ1) is 13.2. The van der Waals surface area contributed by atoms with Crippen LogP contribution in [-0.2, 0) is 17.7 Å². The maximum absolute atomic E-state index is 5.40. The van der Waals surface area contributed by atoms with Gasteiger partial charge >= 0.3 is 0 Å². The van der Waals surface area contributed by atoms with Gasteiger partial charge in [-0.1, -0.05) is 20.8 Å². The number of guanidine groups is 1. The molecule has 2 heterocycles. The number of hydrogen-bond acceptors (Lipinski definition) is 5. The normalized spacial score (nSPS) is 16.1. The van der Waals surface area contributed by atoms with Crippen molar-refractivity contribution < 1.29 is 4.74 Å². The number of aromatic nitrogens is 3. The molecule has 0 spiro atoms. The van der Waals surface area contributed by atoms with Crippen LogP contribution in [0.5, 0.6) is 0 Å².